The van der Waals surface area contributed by atoms with Crippen molar-refractivity contribution in [3.63, 3.8) is 0 Å². The van der Waals surface area contributed by atoms with Gasteiger partial charge in [-0.3, -0.25) is 13.9 Å². The number of rotatable bonds is 13. The molecule has 3 rings (SSSR count). The van der Waals surface area contributed by atoms with Crippen LogP contribution in [0.3, 0.4) is 0 Å². The number of hydrogen-bond donors (Lipinski definition) is 1. The number of benzene rings is 2. The van der Waals surface area contributed by atoms with Crippen LogP contribution in [0.15, 0.2) is 36.4 Å². The first-order valence-electron chi connectivity index (χ1n) is 12.4. The lowest BCUT2D eigenvalue weighted by Crippen LogP contribution is -2.49. The minimum absolute atomic E-state index is 0.0271. The number of ether oxygens (including phenoxy) is 2. The maximum atomic E-state index is 13.5. The molecular formula is C26H33Cl2N3O6S. The lowest BCUT2D eigenvalue weighted by Gasteiger charge is -2.31. The molecule has 0 aromatic heterocycles. The van der Waals surface area contributed by atoms with Crippen LogP contribution in [0.4, 0.5) is 5.69 Å². The zero-order valence-corrected chi connectivity index (χ0v) is 24.0. The van der Waals surface area contributed by atoms with Crippen LogP contribution in [-0.4, -0.2) is 57.3 Å². The van der Waals surface area contributed by atoms with Gasteiger partial charge in [0.2, 0.25) is 28.6 Å². The normalized spacial score (nSPS) is 13.2. The van der Waals surface area contributed by atoms with E-state index in [-0.39, 0.29) is 44.5 Å². The summed E-state index contributed by atoms with van der Waals surface area (Å²) in [5, 5.41) is 3.73. The first-order valence-corrected chi connectivity index (χ1v) is 15.0. The summed E-state index contributed by atoms with van der Waals surface area (Å²) in [7, 11) is -3.64. The third kappa shape index (κ3) is 7.68. The molecule has 1 aliphatic rings. The molecule has 0 saturated carbocycles. The number of halogens is 2. The van der Waals surface area contributed by atoms with Crippen LogP contribution < -0.4 is 19.1 Å². The average Bonchev–Trinajstić information content (AvgIpc) is 3.33. The highest BCUT2D eigenvalue weighted by atomic mass is 35.5. The van der Waals surface area contributed by atoms with Crippen molar-refractivity contribution in [2.45, 2.75) is 52.1 Å². The maximum absolute atomic E-state index is 13.5. The summed E-state index contributed by atoms with van der Waals surface area (Å²) in [5.74, 6) is 0.475. The topological polar surface area (TPSA) is 105 Å². The number of anilines is 1. The molecular weight excluding hydrogens is 553 g/mol. The Hall–Kier alpha value is -2.69. The van der Waals surface area contributed by atoms with Gasteiger partial charge in [-0.25, -0.2) is 8.42 Å². The van der Waals surface area contributed by atoms with Crippen LogP contribution in [0.25, 0.3) is 0 Å². The standard InChI is InChI=1S/C26H33Cl2N3O6S/c1-4-12-29-26(33)22(5-2)30(16-18-8-9-19(27)14-21(18)28)25(32)7-6-13-31(38(3,34)35)20-10-11-23-24(15-20)37-17-36-23/h8-11,14-15,22H,4-7,12-13,16-17H2,1-3H3,(H,29,33)/t22-/m1/s1. The van der Waals surface area contributed by atoms with E-state index in [2.05, 4.69) is 5.32 Å². The van der Waals surface area contributed by atoms with E-state index in [0.717, 1.165) is 12.7 Å². The summed E-state index contributed by atoms with van der Waals surface area (Å²) >= 11 is 12.4. The van der Waals surface area contributed by atoms with Crippen molar-refractivity contribution in [3.8, 4) is 11.5 Å². The Kier molecular flexibility index (Phi) is 10.5. The van der Waals surface area contributed by atoms with Gasteiger partial charge in [0.25, 0.3) is 0 Å². The molecule has 2 amide bonds. The molecule has 0 aliphatic carbocycles. The Balaban J connectivity index is 1.78. The number of fused-ring (bicyclic) bond motifs is 1. The highest BCUT2D eigenvalue weighted by Gasteiger charge is 2.29. The quantitative estimate of drug-likeness (QED) is 0.368. The van der Waals surface area contributed by atoms with Crippen molar-refractivity contribution < 1.29 is 27.5 Å². The van der Waals surface area contributed by atoms with E-state index in [1.165, 1.54) is 9.21 Å². The fraction of sp³-hybridized carbons (Fsp3) is 0.462. The zero-order chi connectivity index (χ0) is 27.9. The monoisotopic (exact) mass is 585 g/mol. The second-order valence-electron chi connectivity index (χ2n) is 8.95. The van der Waals surface area contributed by atoms with Crippen LogP contribution in [0, 0.1) is 0 Å². The molecule has 2 aromatic rings. The van der Waals surface area contributed by atoms with Crippen molar-refractivity contribution in [1.82, 2.24) is 10.2 Å². The van der Waals surface area contributed by atoms with Crippen molar-refractivity contribution in [3.05, 3.63) is 52.0 Å². The molecule has 208 valence electrons. The summed E-state index contributed by atoms with van der Waals surface area (Å²) in [6.45, 7) is 4.54. The average molecular weight is 587 g/mol. The van der Waals surface area contributed by atoms with Gasteiger partial charge in [-0.05, 0) is 49.1 Å². The molecule has 12 heteroatoms. The van der Waals surface area contributed by atoms with Gasteiger partial charge in [-0.2, -0.15) is 0 Å². The summed E-state index contributed by atoms with van der Waals surface area (Å²) in [4.78, 5) is 27.9. The van der Waals surface area contributed by atoms with Crippen molar-refractivity contribution in [2.24, 2.45) is 0 Å². The van der Waals surface area contributed by atoms with Crippen LogP contribution in [-0.2, 0) is 26.2 Å². The smallest absolute Gasteiger partial charge is 0.242 e. The minimum atomic E-state index is -3.64. The van der Waals surface area contributed by atoms with E-state index >= 15 is 0 Å². The number of nitrogens with zero attached hydrogens (tertiary/aromatic N) is 2. The predicted octanol–water partition coefficient (Wildman–Crippen LogP) is 4.60. The number of amides is 2. The Morgan fingerprint density at radius 1 is 1.08 bits per heavy atom. The molecule has 0 saturated heterocycles. The summed E-state index contributed by atoms with van der Waals surface area (Å²) in [6, 6.07) is 9.18. The third-order valence-electron chi connectivity index (χ3n) is 6.09. The molecule has 9 nitrogen and oxygen atoms in total. The molecule has 0 spiro atoms. The number of nitrogens with one attached hydrogen (secondary N) is 1. The highest BCUT2D eigenvalue weighted by Crippen LogP contribution is 2.36. The zero-order valence-electron chi connectivity index (χ0n) is 21.7. The van der Waals surface area contributed by atoms with Crippen LogP contribution >= 0.6 is 23.2 Å². The second-order valence-corrected chi connectivity index (χ2v) is 11.7. The van der Waals surface area contributed by atoms with E-state index < -0.39 is 16.1 Å². The number of hydrogen-bond acceptors (Lipinski definition) is 6. The Bertz CT molecular complexity index is 1260. The highest BCUT2D eigenvalue weighted by molar-refractivity contribution is 7.92. The SMILES string of the molecule is CCCNC(=O)[C@@H](CC)N(Cc1ccc(Cl)cc1Cl)C(=O)CCCN(c1ccc2c(c1)OCO2)S(C)(=O)=O. The number of carbonyl (C=O) groups is 2. The van der Waals surface area contributed by atoms with Gasteiger partial charge in [0.05, 0.1) is 11.9 Å². The number of carbonyl (C=O) groups excluding carboxylic acids is 2. The first-order chi connectivity index (χ1) is 18.0. The largest absolute Gasteiger partial charge is 0.454 e. The molecule has 0 radical (unpaired) electrons. The Labute approximate surface area is 234 Å². The molecule has 1 atom stereocenters. The molecule has 1 aliphatic heterocycles. The summed E-state index contributed by atoms with van der Waals surface area (Å²) in [6.07, 6.45) is 2.54. The Morgan fingerprint density at radius 2 is 1.82 bits per heavy atom. The molecule has 2 aromatic carbocycles. The van der Waals surface area contributed by atoms with Gasteiger partial charge in [0.1, 0.15) is 6.04 Å². The summed E-state index contributed by atoms with van der Waals surface area (Å²) < 4.78 is 37.1. The van der Waals surface area contributed by atoms with Crippen molar-refractivity contribution in [2.75, 3.05) is 30.4 Å². The van der Waals surface area contributed by atoms with Gasteiger partial charge < -0.3 is 19.7 Å². The van der Waals surface area contributed by atoms with E-state index in [9.17, 15) is 18.0 Å². The van der Waals surface area contributed by atoms with E-state index in [1.54, 1.807) is 36.4 Å². The van der Waals surface area contributed by atoms with Gasteiger partial charge in [-0.15, -0.1) is 0 Å². The lowest BCUT2D eigenvalue weighted by atomic mass is 10.1. The van der Waals surface area contributed by atoms with Gasteiger partial charge in [0.15, 0.2) is 11.5 Å². The van der Waals surface area contributed by atoms with Crippen molar-refractivity contribution in [1.29, 1.82) is 0 Å². The van der Waals surface area contributed by atoms with Gasteiger partial charge in [-0.1, -0.05) is 43.1 Å². The molecule has 0 unspecified atom stereocenters. The predicted molar refractivity (Wildman–Crippen MR) is 148 cm³/mol. The van der Waals surface area contributed by atoms with Gasteiger partial charge >= 0.3 is 0 Å². The van der Waals surface area contributed by atoms with Crippen LogP contribution in [0.1, 0.15) is 45.1 Å². The Morgan fingerprint density at radius 3 is 2.47 bits per heavy atom. The number of sulfonamides is 1. The molecule has 0 fully saturated rings. The van der Waals surface area contributed by atoms with E-state index in [4.69, 9.17) is 32.7 Å². The molecule has 1 heterocycles. The first kappa shape index (κ1) is 29.9. The van der Waals surface area contributed by atoms with E-state index in [1.807, 2.05) is 13.8 Å². The van der Waals surface area contributed by atoms with Crippen LogP contribution in [0.5, 0.6) is 11.5 Å². The second kappa shape index (κ2) is 13.4. The van der Waals surface area contributed by atoms with Crippen LogP contribution in [0.2, 0.25) is 10.0 Å². The molecule has 1 N–H and O–H groups in total. The molecule has 38 heavy (non-hydrogen) atoms. The maximum Gasteiger partial charge on any atom is 0.242 e. The lowest BCUT2D eigenvalue weighted by molar-refractivity contribution is -0.141. The minimum Gasteiger partial charge on any atom is -0.454 e. The molecule has 0 bridgehead atoms. The summed E-state index contributed by atoms with van der Waals surface area (Å²) in [5.41, 5.74) is 1.07. The van der Waals surface area contributed by atoms with Crippen molar-refractivity contribution >= 4 is 50.7 Å². The van der Waals surface area contributed by atoms with Gasteiger partial charge in [0, 0.05) is 42.2 Å². The fourth-order valence-electron chi connectivity index (χ4n) is 4.16. The third-order valence-corrected chi connectivity index (χ3v) is 7.87. The fourth-order valence-corrected chi connectivity index (χ4v) is 5.59. The van der Waals surface area contributed by atoms with E-state index in [0.29, 0.717) is 45.8 Å².